The summed E-state index contributed by atoms with van der Waals surface area (Å²) >= 11 is 0. The molecule has 0 heterocycles. The van der Waals surface area contributed by atoms with Gasteiger partial charge in [0.25, 0.3) is 0 Å². The van der Waals surface area contributed by atoms with E-state index in [0.29, 0.717) is 19.6 Å². The number of primary amides is 1. The molecule has 0 aliphatic heterocycles. The molecule has 0 bridgehead atoms. The molecule has 0 aromatic heterocycles. The summed E-state index contributed by atoms with van der Waals surface area (Å²) in [6, 6.07) is 6.19. The number of hydrogen-bond donors (Lipinski definition) is 2. The number of carbonyl (C=O) groups is 1. The van der Waals surface area contributed by atoms with Gasteiger partial charge >= 0.3 is 0 Å². The Bertz CT molecular complexity index is 405. The number of rotatable bonds is 7. The van der Waals surface area contributed by atoms with Gasteiger partial charge in [-0.3, -0.25) is 4.79 Å². The first-order chi connectivity index (χ1) is 8.52. The van der Waals surface area contributed by atoms with Crippen molar-refractivity contribution in [1.82, 2.24) is 5.32 Å². The Labute approximate surface area is 109 Å². The maximum atomic E-state index is 10.8. The summed E-state index contributed by atoms with van der Waals surface area (Å²) in [7, 11) is 0. The molecule has 18 heavy (non-hydrogen) atoms. The summed E-state index contributed by atoms with van der Waals surface area (Å²) in [6.45, 7) is 7.27. The van der Waals surface area contributed by atoms with E-state index in [1.54, 1.807) is 0 Å². The normalized spacial score (nSPS) is 12.2. The van der Waals surface area contributed by atoms with E-state index < -0.39 is 0 Å². The van der Waals surface area contributed by atoms with E-state index in [9.17, 15) is 4.79 Å². The lowest BCUT2D eigenvalue weighted by Gasteiger charge is -2.15. The highest BCUT2D eigenvalue weighted by atomic mass is 16.5. The van der Waals surface area contributed by atoms with Crippen molar-refractivity contribution in [2.75, 3.05) is 6.61 Å². The van der Waals surface area contributed by atoms with E-state index in [0.717, 1.165) is 11.3 Å². The monoisotopic (exact) mass is 250 g/mol. The van der Waals surface area contributed by atoms with Crippen molar-refractivity contribution in [2.45, 2.75) is 39.8 Å². The van der Waals surface area contributed by atoms with E-state index in [1.165, 1.54) is 5.56 Å². The SMILES string of the molecule is CCOc1cc(C)ccc1CN[C@H](C)CC(N)=O. The summed E-state index contributed by atoms with van der Waals surface area (Å²) in [6.07, 6.45) is 0.343. The van der Waals surface area contributed by atoms with Crippen LogP contribution in [0.15, 0.2) is 18.2 Å². The van der Waals surface area contributed by atoms with Crippen LogP contribution >= 0.6 is 0 Å². The molecule has 0 aliphatic carbocycles. The predicted octanol–water partition coefficient (Wildman–Crippen LogP) is 1.75. The Hall–Kier alpha value is -1.55. The first-order valence-electron chi connectivity index (χ1n) is 6.27. The van der Waals surface area contributed by atoms with Crippen molar-refractivity contribution >= 4 is 5.91 Å². The van der Waals surface area contributed by atoms with Gasteiger partial charge in [0, 0.05) is 24.6 Å². The number of hydrogen-bond acceptors (Lipinski definition) is 3. The number of nitrogens with two attached hydrogens (primary N) is 1. The number of nitrogens with one attached hydrogen (secondary N) is 1. The summed E-state index contributed by atoms with van der Waals surface area (Å²) < 4.78 is 5.60. The van der Waals surface area contributed by atoms with Crippen molar-refractivity contribution in [1.29, 1.82) is 0 Å². The second-order valence-electron chi connectivity index (χ2n) is 4.50. The molecule has 4 nitrogen and oxygen atoms in total. The zero-order valence-electron chi connectivity index (χ0n) is 11.3. The van der Waals surface area contributed by atoms with Crippen molar-refractivity contribution in [3.63, 3.8) is 0 Å². The Morgan fingerprint density at radius 3 is 2.83 bits per heavy atom. The highest BCUT2D eigenvalue weighted by Gasteiger charge is 2.08. The van der Waals surface area contributed by atoms with Crippen LogP contribution in [-0.4, -0.2) is 18.6 Å². The molecule has 0 spiro atoms. The molecule has 100 valence electrons. The lowest BCUT2D eigenvalue weighted by Crippen LogP contribution is -2.30. The molecular formula is C14H22N2O2. The summed E-state index contributed by atoms with van der Waals surface area (Å²) in [5, 5.41) is 3.27. The van der Waals surface area contributed by atoms with Crippen LogP contribution < -0.4 is 15.8 Å². The van der Waals surface area contributed by atoms with Gasteiger partial charge in [-0.2, -0.15) is 0 Å². The third kappa shape index (κ3) is 4.75. The van der Waals surface area contributed by atoms with Crippen LogP contribution in [0.5, 0.6) is 5.75 Å². The first kappa shape index (κ1) is 14.5. The zero-order chi connectivity index (χ0) is 13.5. The van der Waals surface area contributed by atoms with Gasteiger partial charge in [-0.05, 0) is 32.4 Å². The Kier molecular flexibility index (Phi) is 5.65. The minimum Gasteiger partial charge on any atom is -0.494 e. The molecule has 0 fully saturated rings. The van der Waals surface area contributed by atoms with Gasteiger partial charge in [-0.15, -0.1) is 0 Å². The molecule has 0 aliphatic rings. The standard InChI is InChI=1S/C14H22N2O2/c1-4-18-13-7-10(2)5-6-12(13)9-16-11(3)8-14(15)17/h5-7,11,16H,4,8-9H2,1-3H3,(H2,15,17)/t11-/m1/s1. The Morgan fingerprint density at radius 2 is 2.22 bits per heavy atom. The number of aryl methyl sites for hydroxylation is 1. The maximum absolute atomic E-state index is 10.8. The van der Waals surface area contributed by atoms with Crippen molar-refractivity contribution < 1.29 is 9.53 Å². The average Bonchev–Trinajstić information content (AvgIpc) is 2.27. The molecule has 1 aromatic carbocycles. The molecule has 0 saturated carbocycles. The van der Waals surface area contributed by atoms with E-state index in [1.807, 2.05) is 32.9 Å². The largest absolute Gasteiger partial charge is 0.494 e. The first-order valence-corrected chi connectivity index (χ1v) is 6.27. The molecule has 0 radical (unpaired) electrons. The van der Waals surface area contributed by atoms with E-state index in [2.05, 4.69) is 11.4 Å². The van der Waals surface area contributed by atoms with Crippen molar-refractivity contribution in [3.05, 3.63) is 29.3 Å². The van der Waals surface area contributed by atoms with Gasteiger partial charge in [0.2, 0.25) is 5.91 Å². The quantitative estimate of drug-likeness (QED) is 0.775. The number of carbonyl (C=O) groups excluding carboxylic acids is 1. The topological polar surface area (TPSA) is 64.3 Å². The smallest absolute Gasteiger partial charge is 0.218 e. The number of benzene rings is 1. The van der Waals surface area contributed by atoms with E-state index >= 15 is 0 Å². The summed E-state index contributed by atoms with van der Waals surface area (Å²) in [5.74, 6) is 0.611. The van der Waals surface area contributed by atoms with Crippen LogP contribution in [0.25, 0.3) is 0 Å². The van der Waals surface area contributed by atoms with Gasteiger partial charge in [0.1, 0.15) is 5.75 Å². The minimum absolute atomic E-state index is 0.0679. The van der Waals surface area contributed by atoms with Gasteiger partial charge in [0.05, 0.1) is 6.61 Å². The van der Waals surface area contributed by atoms with Crippen LogP contribution in [-0.2, 0) is 11.3 Å². The van der Waals surface area contributed by atoms with Crippen molar-refractivity contribution in [3.8, 4) is 5.75 Å². The predicted molar refractivity (Wildman–Crippen MR) is 72.5 cm³/mol. The fraction of sp³-hybridized carbons (Fsp3) is 0.500. The van der Waals surface area contributed by atoms with Crippen LogP contribution in [0.3, 0.4) is 0 Å². The maximum Gasteiger partial charge on any atom is 0.218 e. The second kappa shape index (κ2) is 7.01. The van der Waals surface area contributed by atoms with Crippen molar-refractivity contribution in [2.24, 2.45) is 5.73 Å². The highest BCUT2D eigenvalue weighted by Crippen LogP contribution is 2.20. The van der Waals surface area contributed by atoms with Gasteiger partial charge in [-0.1, -0.05) is 12.1 Å². The molecule has 1 rings (SSSR count). The van der Waals surface area contributed by atoms with Gasteiger partial charge in [0.15, 0.2) is 0 Å². The molecule has 1 aromatic rings. The van der Waals surface area contributed by atoms with Crippen LogP contribution in [0, 0.1) is 6.92 Å². The zero-order valence-corrected chi connectivity index (χ0v) is 11.3. The van der Waals surface area contributed by atoms with Crippen LogP contribution in [0.4, 0.5) is 0 Å². The fourth-order valence-electron chi connectivity index (χ4n) is 1.76. The molecule has 0 saturated heterocycles. The third-order valence-corrected chi connectivity index (χ3v) is 2.67. The highest BCUT2D eigenvalue weighted by molar-refractivity contribution is 5.74. The van der Waals surface area contributed by atoms with Gasteiger partial charge in [-0.25, -0.2) is 0 Å². The molecule has 0 unspecified atom stereocenters. The summed E-state index contributed by atoms with van der Waals surface area (Å²) in [5.41, 5.74) is 7.43. The van der Waals surface area contributed by atoms with E-state index in [4.69, 9.17) is 10.5 Å². The molecule has 3 N–H and O–H groups in total. The molecule has 1 atom stereocenters. The average molecular weight is 250 g/mol. The Balaban J connectivity index is 2.63. The number of ether oxygens (including phenoxy) is 1. The van der Waals surface area contributed by atoms with Crippen LogP contribution in [0.2, 0.25) is 0 Å². The number of amides is 1. The molecule has 4 heteroatoms. The Morgan fingerprint density at radius 1 is 1.50 bits per heavy atom. The van der Waals surface area contributed by atoms with Crippen LogP contribution in [0.1, 0.15) is 31.4 Å². The second-order valence-corrected chi connectivity index (χ2v) is 4.50. The lowest BCUT2D eigenvalue weighted by atomic mass is 10.1. The molecular weight excluding hydrogens is 228 g/mol. The van der Waals surface area contributed by atoms with E-state index in [-0.39, 0.29) is 11.9 Å². The third-order valence-electron chi connectivity index (χ3n) is 2.67. The molecule has 1 amide bonds. The summed E-state index contributed by atoms with van der Waals surface area (Å²) in [4.78, 5) is 10.8. The minimum atomic E-state index is -0.288. The van der Waals surface area contributed by atoms with Gasteiger partial charge < -0.3 is 15.8 Å². The fourth-order valence-corrected chi connectivity index (χ4v) is 1.76. The lowest BCUT2D eigenvalue weighted by molar-refractivity contribution is -0.118.